The lowest BCUT2D eigenvalue weighted by molar-refractivity contribution is 0.480. The number of para-hydroxylation sites is 1. The molecule has 1 heterocycles. The van der Waals surface area contributed by atoms with E-state index in [1.165, 1.54) is 0 Å². The molecule has 0 unspecified atom stereocenters. The highest BCUT2D eigenvalue weighted by Crippen LogP contribution is 2.26. The number of benzene rings is 1. The number of rotatable bonds is 0. The number of fused-ring (bicyclic) bond motifs is 1. The Morgan fingerprint density at radius 1 is 1.38 bits per heavy atom. The summed E-state index contributed by atoms with van der Waals surface area (Å²) in [6.45, 7) is 1.81. The minimum Gasteiger partial charge on any atom is -0.506 e. The smallest absolute Gasteiger partial charge is 0.141 e. The van der Waals surface area contributed by atoms with E-state index in [1.54, 1.807) is 18.2 Å². The number of hydrogen-bond acceptors (Lipinski definition) is 2. The van der Waals surface area contributed by atoms with E-state index in [0.29, 0.717) is 10.5 Å². The lowest BCUT2D eigenvalue weighted by Gasteiger charge is -2.02. The van der Waals surface area contributed by atoms with Crippen molar-refractivity contribution in [3.63, 3.8) is 0 Å². The molecule has 0 bridgehead atoms. The molecule has 0 aliphatic rings. The number of aromatic nitrogens is 1. The van der Waals surface area contributed by atoms with E-state index in [0.717, 1.165) is 11.1 Å². The van der Waals surface area contributed by atoms with Gasteiger partial charge >= 0.3 is 0 Å². The summed E-state index contributed by atoms with van der Waals surface area (Å²) in [5.74, 6) is 0.192. The van der Waals surface area contributed by atoms with E-state index in [-0.39, 0.29) is 5.75 Å². The number of phenols is 1. The average molecular weight is 194 g/mol. The molecule has 2 aromatic rings. The van der Waals surface area contributed by atoms with Gasteiger partial charge in [-0.25, -0.2) is 4.98 Å². The summed E-state index contributed by atoms with van der Waals surface area (Å²) in [6.07, 6.45) is 0. The molecule has 0 aliphatic heterocycles. The Balaban J connectivity index is 2.89. The fraction of sp³-hybridized carbons (Fsp3) is 0.100. The maximum atomic E-state index is 9.48. The van der Waals surface area contributed by atoms with Gasteiger partial charge in [0, 0.05) is 5.39 Å². The van der Waals surface area contributed by atoms with Crippen LogP contribution in [0.25, 0.3) is 10.9 Å². The highest BCUT2D eigenvalue weighted by atomic mass is 35.5. The molecule has 0 radical (unpaired) electrons. The largest absolute Gasteiger partial charge is 0.506 e. The van der Waals surface area contributed by atoms with Crippen LogP contribution in [0.15, 0.2) is 24.3 Å². The summed E-state index contributed by atoms with van der Waals surface area (Å²) < 4.78 is 0. The molecule has 1 aromatic heterocycles. The Morgan fingerprint density at radius 3 is 2.92 bits per heavy atom. The first-order valence-electron chi connectivity index (χ1n) is 3.93. The van der Waals surface area contributed by atoms with Crippen molar-refractivity contribution in [2.24, 2.45) is 0 Å². The third kappa shape index (κ3) is 1.33. The van der Waals surface area contributed by atoms with E-state index >= 15 is 0 Å². The van der Waals surface area contributed by atoms with E-state index in [9.17, 15) is 5.11 Å². The molecular formula is C10H8ClNO. The molecule has 13 heavy (non-hydrogen) atoms. The van der Waals surface area contributed by atoms with Crippen molar-refractivity contribution in [2.75, 3.05) is 0 Å². The summed E-state index contributed by atoms with van der Waals surface area (Å²) in [4.78, 5) is 4.19. The first-order valence-corrected chi connectivity index (χ1v) is 4.31. The van der Waals surface area contributed by atoms with Gasteiger partial charge in [-0.05, 0) is 19.1 Å². The number of phenolic OH excluding ortho intramolecular Hbond substituents is 1. The Hall–Kier alpha value is -1.28. The van der Waals surface area contributed by atoms with Gasteiger partial charge in [0.1, 0.15) is 11.3 Å². The van der Waals surface area contributed by atoms with Crippen LogP contribution in [0, 0.1) is 6.92 Å². The number of halogens is 1. The van der Waals surface area contributed by atoms with Crippen molar-refractivity contribution < 1.29 is 5.11 Å². The standard InChI is InChI=1S/C10H8ClNO/c1-6-8(11)5-7-3-2-4-9(13)10(7)12-6/h2-5,13H,1H3. The van der Waals surface area contributed by atoms with Gasteiger partial charge in [-0.15, -0.1) is 0 Å². The van der Waals surface area contributed by atoms with Crippen LogP contribution in [0.5, 0.6) is 5.75 Å². The van der Waals surface area contributed by atoms with E-state index in [1.807, 2.05) is 13.0 Å². The quantitative estimate of drug-likeness (QED) is 0.698. The number of hydrogen-bond donors (Lipinski definition) is 1. The molecule has 0 saturated heterocycles. The van der Waals surface area contributed by atoms with Crippen molar-refractivity contribution in [3.05, 3.63) is 35.0 Å². The second-order valence-electron chi connectivity index (χ2n) is 2.90. The Bertz CT molecular complexity index is 468. The molecule has 0 amide bonds. The second kappa shape index (κ2) is 2.89. The zero-order valence-electron chi connectivity index (χ0n) is 7.08. The number of pyridine rings is 1. The molecule has 1 aromatic carbocycles. The predicted octanol–water partition coefficient (Wildman–Crippen LogP) is 2.90. The van der Waals surface area contributed by atoms with Crippen molar-refractivity contribution in [2.45, 2.75) is 6.92 Å². The molecule has 2 rings (SSSR count). The van der Waals surface area contributed by atoms with E-state index in [4.69, 9.17) is 11.6 Å². The third-order valence-corrected chi connectivity index (χ3v) is 2.34. The first kappa shape index (κ1) is 8.32. The van der Waals surface area contributed by atoms with Gasteiger partial charge < -0.3 is 5.11 Å². The highest BCUT2D eigenvalue weighted by molar-refractivity contribution is 6.31. The monoisotopic (exact) mass is 193 g/mol. The summed E-state index contributed by atoms with van der Waals surface area (Å²) in [5, 5.41) is 11.0. The Kier molecular flexibility index (Phi) is 1.85. The fourth-order valence-corrected chi connectivity index (χ4v) is 1.41. The van der Waals surface area contributed by atoms with Gasteiger partial charge in [-0.2, -0.15) is 0 Å². The molecular weight excluding hydrogens is 186 g/mol. The number of aryl methyl sites for hydroxylation is 1. The van der Waals surface area contributed by atoms with Crippen molar-refractivity contribution in [3.8, 4) is 5.75 Å². The third-order valence-electron chi connectivity index (χ3n) is 1.95. The molecule has 1 N–H and O–H groups in total. The summed E-state index contributed by atoms with van der Waals surface area (Å²) in [5.41, 5.74) is 1.33. The van der Waals surface area contributed by atoms with Crippen LogP contribution in [0.3, 0.4) is 0 Å². The molecule has 3 heteroatoms. The van der Waals surface area contributed by atoms with Crippen molar-refractivity contribution in [1.29, 1.82) is 0 Å². The lowest BCUT2D eigenvalue weighted by atomic mass is 10.2. The van der Waals surface area contributed by atoms with Crippen LogP contribution in [-0.4, -0.2) is 10.1 Å². The van der Waals surface area contributed by atoms with Crippen LogP contribution in [0.1, 0.15) is 5.69 Å². The second-order valence-corrected chi connectivity index (χ2v) is 3.31. The van der Waals surface area contributed by atoms with Gasteiger partial charge in [0.25, 0.3) is 0 Å². The summed E-state index contributed by atoms with van der Waals surface area (Å²) >= 11 is 5.90. The average Bonchev–Trinajstić information content (AvgIpc) is 2.09. The molecule has 2 nitrogen and oxygen atoms in total. The van der Waals surface area contributed by atoms with Gasteiger partial charge in [-0.3, -0.25) is 0 Å². The summed E-state index contributed by atoms with van der Waals surface area (Å²) in [7, 11) is 0. The van der Waals surface area contributed by atoms with Gasteiger partial charge in [0.05, 0.1) is 10.7 Å². The van der Waals surface area contributed by atoms with E-state index in [2.05, 4.69) is 4.98 Å². The SMILES string of the molecule is Cc1nc2c(O)cccc2cc1Cl. The van der Waals surface area contributed by atoms with Crippen molar-refractivity contribution in [1.82, 2.24) is 4.98 Å². The van der Waals surface area contributed by atoms with Gasteiger partial charge in [-0.1, -0.05) is 23.7 Å². The highest BCUT2D eigenvalue weighted by Gasteiger charge is 2.03. The minimum absolute atomic E-state index is 0.192. The zero-order chi connectivity index (χ0) is 9.42. The van der Waals surface area contributed by atoms with Crippen LogP contribution in [0.4, 0.5) is 0 Å². The normalized spacial score (nSPS) is 10.6. The van der Waals surface area contributed by atoms with Crippen LogP contribution in [-0.2, 0) is 0 Å². The molecule has 0 aliphatic carbocycles. The van der Waals surface area contributed by atoms with E-state index < -0.39 is 0 Å². The van der Waals surface area contributed by atoms with Crippen LogP contribution >= 0.6 is 11.6 Å². The Morgan fingerprint density at radius 2 is 2.15 bits per heavy atom. The number of aromatic hydroxyl groups is 1. The zero-order valence-corrected chi connectivity index (χ0v) is 7.84. The number of nitrogens with zero attached hydrogens (tertiary/aromatic N) is 1. The van der Waals surface area contributed by atoms with Crippen molar-refractivity contribution >= 4 is 22.5 Å². The van der Waals surface area contributed by atoms with Crippen LogP contribution in [0.2, 0.25) is 5.02 Å². The molecule has 66 valence electrons. The van der Waals surface area contributed by atoms with Gasteiger partial charge in [0.15, 0.2) is 0 Å². The Labute approximate surface area is 80.8 Å². The minimum atomic E-state index is 0.192. The first-order chi connectivity index (χ1) is 6.18. The fourth-order valence-electron chi connectivity index (χ4n) is 1.25. The molecule has 0 spiro atoms. The predicted molar refractivity (Wildman–Crippen MR) is 53.2 cm³/mol. The summed E-state index contributed by atoms with van der Waals surface area (Å²) in [6, 6.07) is 7.06. The lowest BCUT2D eigenvalue weighted by Crippen LogP contribution is -1.85. The maximum Gasteiger partial charge on any atom is 0.141 e. The molecule has 0 fully saturated rings. The maximum absolute atomic E-state index is 9.48. The molecule has 0 atom stereocenters. The topological polar surface area (TPSA) is 33.1 Å². The molecule has 0 saturated carbocycles. The van der Waals surface area contributed by atoms with Gasteiger partial charge in [0.2, 0.25) is 0 Å². The van der Waals surface area contributed by atoms with Crippen LogP contribution < -0.4 is 0 Å².